The Morgan fingerprint density at radius 2 is 2.20 bits per heavy atom. The summed E-state index contributed by atoms with van der Waals surface area (Å²) in [5.74, 6) is 1.50. The molecule has 0 radical (unpaired) electrons. The van der Waals surface area contributed by atoms with Gasteiger partial charge in [-0.2, -0.15) is 0 Å². The van der Waals surface area contributed by atoms with Gasteiger partial charge in [-0.3, -0.25) is 0 Å². The summed E-state index contributed by atoms with van der Waals surface area (Å²) in [6.45, 7) is 2.88. The van der Waals surface area contributed by atoms with Crippen molar-refractivity contribution < 1.29 is 14.6 Å². The lowest BCUT2D eigenvalue weighted by atomic mass is 10.1. The Morgan fingerprint density at radius 1 is 1.40 bits per heavy atom. The molecule has 2 aromatic rings. The lowest BCUT2D eigenvalue weighted by Gasteiger charge is -2.15. The molecule has 6 heteroatoms. The monoisotopic (exact) mass is 292 g/mol. The number of thiazole rings is 1. The maximum absolute atomic E-state index is 10.0. The second-order valence-electron chi connectivity index (χ2n) is 4.55. The van der Waals surface area contributed by atoms with Crippen LogP contribution in [0, 0.1) is 0 Å². The van der Waals surface area contributed by atoms with E-state index in [-0.39, 0.29) is 18.6 Å². The summed E-state index contributed by atoms with van der Waals surface area (Å²) in [5, 5.41) is 16.4. The van der Waals surface area contributed by atoms with Crippen molar-refractivity contribution in [3.05, 3.63) is 34.3 Å². The molecule has 1 aromatic carbocycles. The molecule has 5 nitrogen and oxygen atoms in total. The van der Waals surface area contributed by atoms with E-state index in [1.165, 1.54) is 0 Å². The summed E-state index contributed by atoms with van der Waals surface area (Å²) in [6.07, 6.45) is 2.75. The summed E-state index contributed by atoms with van der Waals surface area (Å²) in [6, 6.07) is 3.61. The normalized spacial score (nSPS) is 14.4. The van der Waals surface area contributed by atoms with Crippen LogP contribution in [0.4, 0.5) is 0 Å². The first-order valence-corrected chi connectivity index (χ1v) is 7.40. The number of hydrogen-bond donors (Lipinski definition) is 2. The molecule has 0 bridgehead atoms. The standard InChI is InChI=1S/C14H16N2O3S/c1-2-10(14-15-3-4-20-14)16-7-9-5-12-13(6-11(9)17)19-8-18-12/h3-6,10,16-17H,2,7-8H2,1H3. The number of nitrogens with zero attached hydrogens (tertiary/aromatic N) is 1. The molecular formula is C14H16N2O3S. The van der Waals surface area contributed by atoms with E-state index >= 15 is 0 Å². The van der Waals surface area contributed by atoms with Crippen LogP contribution in [0.2, 0.25) is 0 Å². The Balaban J connectivity index is 1.72. The van der Waals surface area contributed by atoms with E-state index in [1.54, 1.807) is 17.4 Å². The minimum atomic E-state index is 0.194. The lowest BCUT2D eigenvalue weighted by Crippen LogP contribution is -2.20. The van der Waals surface area contributed by atoms with Gasteiger partial charge < -0.3 is 19.9 Å². The van der Waals surface area contributed by atoms with Crippen LogP contribution in [0.5, 0.6) is 17.2 Å². The van der Waals surface area contributed by atoms with Crippen molar-refractivity contribution in [3.8, 4) is 17.2 Å². The number of phenolic OH excluding ortho intramolecular Hbond substituents is 1. The van der Waals surface area contributed by atoms with Crippen molar-refractivity contribution >= 4 is 11.3 Å². The lowest BCUT2D eigenvalue weighted by molar-refractivity contribution is 0.174. The van der Waals surface area contributed by atoms with Gasteiger partial charge in [-0.05, 0) is 12.5 Å². The number of phenols is 1. The summed E-state index contributed by atoms with van der Waals surface area (Å²) < 4.78 is 10.6. The minimum absolute atomic E-state index is 0.194. The Bertz CT molecular complexity index is 586. The zero-order valence-electron chi connectivity index (χ0n) is 11.1. The molecule has 1 unspecified atom stereocenters. The van der Waals surface area contributed by atoms with Gasteiger partial charge >= 0.3 is 0 Å². The number of aromatic nitrogens is 1. The minimum Gasteiger partial charge on any atom is -0.507 e. The third-order valence-corrected chi connectivity index (χ3v) is 4.16. The topological polar surface area (TPSA) is 63.6 Å². The number of hydrogen-bond acceptors (Lipinski definition) is 6. The molecule has 0 saturated carbocycles. The van der Waals surface area contributed by atoms with Gasteiger partial charge in [-0.25, -0.2) is 4.98 Å². The Hall–Kier alpha value is -1.79. The average molecular weight is 292 g/mol. The first-order chi connectivity index (χ1) is 9.78. The Labute approximate surface area is 121 Å². The molecule has 0 amide bonds. The number of ether oxygens (including phenoxy) is 2. The van der Waals surface area contributed by atoms with Gasteiger partial charge in [0.15, 0.2) is 11.5 Å². The van der Waals surface area contributed by atoms with Crippen LogP contribution in [0.15, 0.2) is 23.7 Å². The van der Waals surface area contributed by atoms with Gasteiger partial charge in [0.1, 0.15) is 10.8 Å². The van der Waals surface area contributed by atoms with Crippen LogP contribution in [-0.4, -0.2) is 16.9 Å². The van der Waals surface area contributed by atoms with Crippen LogP contribution in [-0.2, 0) is 6.54 Å². The summed E-state index contributed by atoms with van der Waals surface area (Å²) in [4.78, 5) is 4.33. The number of nitrogens with one attached hydrogen (secondary N) is 1. The summed E-state index contributed by atoms with van der Waals surface area (Å²) in [7, 11) is 0. The quantitative estimate of drug-likeness (QED) is 0.887. The van der Waals surface area contributed by atoms with Crippen molar-refractivity contribution in [2.75, 3.05) is 6.79 Å². The highest BCUT2D eigenvalue weighted by molar-refractivity contribution is 7.09. The molecule has 3 rings (SSSR count). The van der Waals surface area contributed by atoms with Gasteiger partial charge in [-0.15, -0.1) is 11.3 Å². The molecule has 2 N–H and O–H groups in total. The highest BCUT2D eigenvalue weighted by atomic mass is 32.1. The van der Waals surface area contributed by atoms with E-state index in [0.29, 0.717) is 18.0 Å². The summed E-state index contributed by atoms with van der Waals surface area (Å²) >= 11 is 1.63. The van der Waals surface area contributed by atoms with E-state index in [2.05, 4.69) is 17.2 Å². The molecule has 2 heterocycles. The van der Waals surface area contributed by atoms with Crippen molar-refractivity contribution in [3.63, 3.8) is 0 Å². The van der Waals surface area contributed by atoms with Crippen LogP contribution in [0.1, 0.15) is 30.0 Å². The molecular weight excluding hydrogens is 276 g/mol. The Kier molecular flexibility index (Phi) is 3.75. The number of fused-ring (bicyclic) bond motifs is 1. The fraction of sp³-hybridized carbons (Fsp3) is 0.357. The van der Waals surface area contributed by atoms with E-state index in [9.17, 15) is 5.11 Å². The molecule has 1 atom stereocenters. The molecule has 0 fully saturated rings. The molecule has 1 aliphatic heterocycles. The van der Waals surface area contributed by atoms with Gasteiger partial charge in [0, 0.05) is 29.8 Å². The molecule has 106 valence electrons. The highest BCUT2D eigenvalue weighted by Crippen LogP contribution is 2.37. The van der Waals surface area contributed by atoms with E-state index < -0.39 is 0 Å². The van der Waals surface area contributed by atoms with Crippen LogP contribution < -0.4 is 14.8 Å². The number of aromatic hydroxyl groups is 1. The number of benzene rings is 1. The fourth-order valence-corrected chi connectivity index (χ4v) is 2.96. The van der Waals surface area contributed by atoms with Crippen LogP contribution >= 0.6 is 11.3 Å². The van der Waals surface area contributed by atoms with Crippen LogP contribution in [0.25, 0.3) is 0 Å². The molecule has 20 heavy (non-hydrogen) atoms. The highest BCUT2D eigenvalue weighted by Gasteiger charge is 2.18. The van der Waals surface area contributed by atoms with Crippen LogP contribution in [0.3, 0.4) is 0 Å². The van der Waals surface area contributed by atoms with E-state index in [1.807, 2.05) is 17.6 Å². The fourth-order valence-electron chi connectivity index (χ4n) is 2.16. The molecule has 0 aliphatic carbocycles. The van der Waals surface area contributed by atoms with Crippen molar-refractivity contribution in [1.29, 1.82) is 0 Å². The van der Waals surface area contributed by atoms with E-state index in [0.717, 1.165) is 17.0 Å². The largest absolute Gasteiger partial charge is 0.507 e. The second-order valence-corrected chi connectivity index (χ2v) is 5.47. The molecule has 0 saturated heterocycles. The maximum Gasteiger partial charge on any atom is 0.231 e. The van der Waals surface area contributed by atoms with Gasteiger partial charge in [0.25, 0.3) is 0 Å². The first kappa shape index (κ1) is 13.2. The smallest absolute Gasteiger partial charge is 0.231 e. The maximum atomic E-state index is 10.0. The third kappa shape index (κ3) is 2.57. The van der Waals surface area contributed by atoms with Gasteiger partial charge in [0.05, 0.1) is 6.04 Å². The molecule has 1 aromatic heterocycles. The van der Waals surface area contributed by atoms with Gasteiger partial charge in [-0.1, -0.05) is 6.92 Å². The van der Waals surface area contributed by atoms with Crippen molar-refractivity contribution in [2.24, 2.45) is 0 Å². The van der Waals surface area contributed by atoms with Gasteiger partial charge in [0.2, 0.25) is 6.79 Å². The van der Waals surface area contributed by atoms with Crippen molar-refractivity contribution in [1.82, 2.24) is 10.3 Å². The summed E-state index contributed by atoms with van der Waals surface area (Å²) in [5.41, 5.74) is 0.796. The molecule has 0 spiro atoms. The predicted octanol–water partition coefficient (Wildman–Crippen LogP) is 2.82. The zero-order chi connectivity index (χ0) is 13.9. The molecule has 1 aliphatic rings. The third-order valence-electron chi connectivity index (χ3n) is 3.27. The Morgan fingerprint density at radius 3 is 2.90 bits per heavy atom. The SMILES string of the molecule is CCC(NCc1cc2c(cc1O)OCO2)c1nccs1. The van der Waals surface area contributed by atoms with Crippen molar-refractivity contribution in [2.45, 2.75) is 25.9 Å². The zero-order valence-corrected chi connectivity index (χ0v) is 11.9. The first-order valence-electron chi connectivity index (χ1n) is 6.52. The predicted molar refractivity (Wildman–Crippen MR) is 76.2 cm³/mol. The number of rotatable bonds is 5. The average Bonchev–Trinajstić information content (AvgIpc) is 3.10. The second kappa shape index (κ2) is 5.68. The van der Waals surface area contributed by atoms with E-state index in [4.69, 9.17) is 9.47 Å².